The fraction of sp³-hybridized carbons (Fsp3) is 0.235. The van der Waals surface area contributed by atoms with E-state index in [1.54, 1.807) is 48.2 Å². The van der Waals surface area contributed by atoms with Crippen molar-refractivity contribution in [1.82, 2.24) is 5.32 Å². The van der Waals surface area contributed by atoms with Crippen molar-refractivity contribution >= 4 is 17.7 Å². The molecule has 5 heteroatoms. The molecule has 0 bridgehead atoms. The quantitative estimate of drug-likeness (QED) is 0.608. The number of phenolic OH excluding ortho intramolecular Hbond substituents is 1. The number of thioether (sulfide) groups is 1. The van der Waals surface area contributed by atoms with Gasteiger partial charge in [-0.2, -0.15) is 0 Å². The maximum atomic E-state index is 12.7. The maximum Gasteiger partial charge on any atom is 0.224 e. The molecule has 0 aliphatic heterocycles. The number of amides is 1. The Labute approximate surface area is 133 Å². The molecule has 0 unspecified atom stereocenters. The molecule has 2 N–H and O–H groups in total. The summed E-state index contributed by atoms with van der Waals surface area (Å²) in [7, 11) is 0. The second-order valence-electron chi connectivity index (χ2n) is 4.85. The number of rotatable bonds is 7. The number of benzene rings is 2. The van der Waals surface area contributed by atoms with E-state index in [2.05, 4.69) is 5.32 Å². The van der Waals surface area contributed by atoms with E-state index in [0.29, 0.717) is 13.0 Å². The highest BCUT2D eigenvalue weighted by Gasteiger charge is 2.03. The van der Waals surface area contributed by atoms with Crippen LogP contribution in [0.5, 0.6) is 5.75 Å². The lowest BCUT2D eigenvalue weighted by Crippen LogP contribution is -2.26. The summed E-state index contributed by atoms with van der Waals surface area (Å²) in [5.74, 6) is 0.802. The first-order valence-electron chi connectivity index (χ1n) is 7.06. The molecule has 0 atom stereocenters. The molecule has 0 heterocycles. The van der Waals surface area contributed by atoms with Gasteiger partial charge in [-0.25, -0.2) is 4.39 Å². The normalized spacial score (nSPS) is 10.4. The van der Waals surface area contributed by atoms with Crippen molar-refractivity contribution in [1.29, 1.82) is 0 Å². The first kappa shape index (κ1) is 16.4. The number of phenols is 1. The molecule has 0 aliphatic carbocycles. The van der Waals surface area contributed by atoms with Gasteiger partial charge < -0.3 is 10.4 Å². The summed E-state index contributed by atoms with van der Waals surface area (Å²) in [6, 6.07) is 13.0. The minimum Gasteiger partial charge on any atom is -0.508 e. The molecule has 3 nitrogen and oxygen atoms in total. The molecule has 1 amide bonds. The largest absolute Gasteiger partial charge is 0.508 e. The summed E-state index contributed by atoms with van der Waals surface area (Å²) in [6.07, 6.45) is 1.16. The highest BCUT2D eigenvalue weighted by atomic mass is 32.2. The van der Waals surface area contributed by atoms with Crippen LogP contribution in [0.2, 0.25) is 0 Å². The third kappa shape index (κ3) is 5.77. The second-order valence-corrected chi connectivity index (χ2v) is 6.02. The van der Waals surface area contributed by atoms with E-state index in [4.69, 9.17) is 0 Å². The summed E-state index contributed by atoms with van der Waals surface area (Å²) in [5, 5.41) is 12.0. The molecule has 2 aromatic carbocycles. The zero-order chi connectivity index (χ0) is 15.8. The predicted octanol–water partition coefficient (Wildman–Crippen LogP) is 3.37. The van der Waals surface area contributed by atoms with Crippen molar-refractivity contribution in [2.24, 2.45) is 0 Å². The van der Waals surface area contributed by atoms with Gasteiger partial charge in [0.25, 0.3) is 0 Å². The van der Waals surface area contributed by atoms with Crippen LogP contribution in [0.25, 0.3) is 0 Å². The van der Waals surface area contributed by atoms with E-state index in [9.17, 15) is 14.3 Å². The van der Waals surface area contributed by atoms with Gasteiger partial charge in [-0.15, -0.1) is 11.8 Å². The first-order chi connectivity index (χ1) is 10.6. The van der Waals surface area contributed by atoms with Gasteiger partial charge in [-0.1, -0.05) is 12.1 Å². The molecule has 22 heavy (non-hydrogen) atoms. The average Bonchev–Trinajstić information content (AvgIpc) is 2.51. The van der Waals surface area contributed by atoms with E-state index in [0.717, 1.165) is 22.6 Å². The predicted molar refractivity (Wildman–Crippen MR) is 86.6 cm³/mol. The molecule has 0 saturated carbocycles. The van der Waals surface area contributed by atoms with Crippen molar-refractivity contribution in [2.75, 3.05) is 12.3 Å². The zero-order valence-electron chi connectivity index (χ0n) is 12.1. The smallest absolute Gasteiger partial charge is 0.224 e. The Kier molecular flexibility index (Phi) is 6.27. The molecule has 0 spiro atoms. The fourth-order valence-corrected chi connectivity index (χ4v) is 2.74. The van der Waals surface area contributed by atoms with Gasteiger partial charge in [0.1, 0.15) is 11.6 Å². The third-order valence-electron chi connectivity index (χ3n) is 3.03. The first-order valence-corrected chi connectivity index (χ1v) is 8.05. The van der Waals surface area contributed by atoms with Crippen LogP contribution in [0.15, 0.2) is 53.4 Å². The SMILES string of the molecule is O=C(Cc1ccc(O)cc1)NCCCSc1ccc(F)cc1. The fourth-order valence-electron chi connectivity index (χ4n) is 1.88. The molecule has 116 valence electrons. The van der Waals surface area contributed by atoms with Crippen LogP contribution < -0.4 is 5.32 Å². The van der Waals surface area contributed by atoms with Gasteiger partial charge in [0.2, 0.25) is 5.91 Å². The molecule has 2 aromatic rings. The molecule has 0 fully saturated rings. The van der Waals surface area contributed by atoms with Crippen molar-refractivity contribution in [3.8, 4) is 5.75 Å². The maximum absolute atomic E-state index is 12.7. The van der Waals surface area contributed by atoms with Crippen molar-refractivity contribution < 1.29 is 14.3 Å². The van der Waals surface area contributed by atoms with Gasteiger partial charge >= 0.3 is 0 Å². The van der Waals surface area contributed by atoms with Crippen molar-refractivity contribution in [2.45, 2.75) is 17.7 Å². The highest BCUT2D eigenvalue weighted by molar-refractivity contribution is 7.99. The Hall–Kier alpha value is -2.01. The summed E-state index contributed by atoms with van der Waals surface area (Å²) >= 11 is 1.64. The number of hydrogen-bond acceptors (Lipinski definition) is 3. The molecule has 0 aromatic heterocycles. The number of hydrogen-bond donors (Lipinski definition) is 2. The van der Waals surface area contributed by atoms with Crippen LogP contribution >= 0.6 is 11.8 Å². The Morgan fingerprint density at radius 2 is 1.77 bits per heavy atom. The van der Waals surface area contributed by atoms with Gasteiger partial charge in [-0.3, -0.25) is 4.79 Å². The Morgan fingerprint density at radius 1 is 1.09 bits per heavy atom. The molecule has 0 radical (unpaired) electrons. The van der Waals surface area contributed by atoms with Gasteiger partial charge in [0.05, 0.1) is 6.42 Å². The zero-order valence-corrected chi connectivity index (χ0v) is 12.9. The molecule has 0 saturated heterocycles. The van der Waals surface area contributed by atoms with Crippen LogP contribution in [0.3, 0.4) is 0 Å². The van der Waals surface area contributed by atoms with Gasteiger partial charge in [0, 0.05) is 11.4 Å². The lowest BCUT2D eigenvalue weighted by molar-refractivity contribution is -0.120. The monoisotopic (exact) mass is 319 g/mol. The van der Waals surface area contributed by atoms with Crippen LogP contribution in [-0.4, -0.2) is 23.3 Å². The number of carbonyl (C=O) groups excluding carboxylic acids is 1. The standard InChI is InChI=1S/C17H18FNO2S/c18-14-4-8-16(9-5-14)22-11-1-10-19-17(21)12-13-2-6-15(20)7-3-13/h2-9,20H,1,10-12H2,(H,19,21). The van der Waals surface area contributed by atoms with Crippen LogP contribution in [0.1, 0.15) is 12.0 Å². The van der Waals surface area contributed by atoms with Gasteiger partial charge in [0.15, 0.2) is 0 Å². The number of aromatic hydroxyl groups is 1. The Morgan fingerprint density at radius 3 is 2.45 bits per heavy atom. The van der Waals surface area contributed by atoms with Gasteiger partial charge in [-0.05, 0) is 54.1 Å². The van der Waals surface area contributed by atoms with E-state index < -0.39 is 0 Å². The van der Waals surface area contributed by atoms with Crippen LogP contribution in [0, 0.1) is 5.82 Å². The van der Waals surface area contributed by atoms with E-state index >= 15 is 0 Å². The van der Waals surface area contributed by atoms with E-state index in [1.807, 2.05) is 0 Å². The molecular formula is C17H18FNO2S. The lowest BCUT2D eigenvalue weighted by atomic mass is 10.1. The third-order valence-corrected chi connectivity index (χ3v) is 4.12. The van der Waals surface area contributed by atoms with E-state index in [1.165, 1.54) is 12.1 Å². The minimum atomic E-state index is -0.231. The lowest BCUT2D eigenvalue weighted by Gasteiger charge is -2.06. The summed E-state index contributed by atoms with van der Waals surface area (Å²) in [6.45, 7) is 0.616. The Balaban J connectivity index is 1.61. The summed E-state index contributed by atoms with van der Waals surface area (Å²) < 4.78 is 12.7. The van der Waals surface area contributed by atoms with Crippen molar-refractivity contribution in [3.63, 3.8) is 0 Å². The Bertz CT molecular complexity index is 599. The van der Waals surface area contributed by atoms with Crippen LogP contribution in [-0.2, 0) is 11.2 Å². The molecular weight excluding hydrogens is 301 g/mol. The number of carbonyl (C=O) groups is 1. The number of halogens is 1. The molecule has 0 aliphatic rings. The minimum absolute atomic E-state index is 0.0301. The highest BCUT2D eigenvalue weighted by Crippen LogP contribution is 2.18. The average molecular weight is 319 g/mol. The molecule has 2 rings (SSSR count). The number of nitrogens with one attached hydrogen (secondary N) is 1. The topological polar surface area (TPSA) is 49.3 Å². The summed E-state index contributed by atoms with van der Waals surface area (Å²) in [5.41, 5.74) is 0.871. The van der Waals surface area contributed by atoms with E-state index in [-0.39, 0.29) is 17.5 Å². The van der Waals surface area contributed by atoms with Crippen LogP contribution in [0.4, 0.5) is 4.39 Å². The second kappa shape index (κ2) is 8.44. The summed E-state index contributed by atoms with van der Waals surface area (Å²) in [4.78, 5) is 12.8. The van der Waals surface area contributed by atoms with Crippen molar-refractivity contribution in [3.05, 3.63) is 59.9 Å².